The molecule has 1 aromatic heterocycles. The minimum Gasteiger partial charge on any atom is -0.548 e. The zero-order valence-corrected chi connectivity index (χ0v) is 12.7. The second-order valence-corrected chi connectivity index (χ2v) is 5.20. The lowest BCUT2D eigenvalue weighted by molar-refractivity contribution is -0.306. The maximum absolute atomic E-state index is 11.2. The van der Waals surface area contributed by atoms with Crippen molar-refractivity contribution in [2.24, 2.45) is 0 Å². The Morgan fingerprint density at radius 2 is 1.78 bits per heavy atom. The summed E-state index contributed by atoms with van der Waals surface area (Å²) < 4.78 is 0. The van der Waals surface area contributed by atoms with Gasteiger partial charge in [0.25, 0.3) is 0 Å². The number of fused-ring (bicyclic) bond motifs is 1. The first-order chi connectivity index (χ1) is 11.2. The fraction of sp³-hybridized carbons (Fsp3) is 0.167. The molecule has 0 unspecified atom stereocenters. The molecular weight excluding hydrogens is 290 g/mol. The highest BCUT2D eigenvalue weighted by Crippen LogP contribution is 2.25. The highest BCUT2D eigenvalue weighted by molar-refractivity contribution is 5.92. The standard InChI is InChI=1S/C18H17N3O2/c1-2-14(18(22)23)19-17-13-10-6-7-11-15(13)20-16(21-17)12-8-4-3-5-9-12/h3-11,14H,2H2,1H3,(H,22,23)(H,19,20,21)/p-1/t14-/m0/s1. The lowest BCUT2D eigenvalue weighted by atomic mass is 10.1. The third-order valence-electron chi connectivity index (χ3n) is 3.64. The van der Waals surface area contributed by atoms with Crippen molar-refractivity contribution in [3.05, 3.63) is 54.6 Å². The number of para-hydroxylation sites is 1. The van der Waals surface area contributed by atoms with Gasteiger partial charge in [-0.1, -0.05) is 49.4 Å². The number of aliphatic carboxylic acids is 1. The Bertz CT molecular complexity index is 834. The van der Waals surface area contributed by atoms with E-state index in [2.05, 4.69) is 15.3 Å². The summed E-state index contributed by atoms with van der Waals surface area (Å²) in [5.74, 6) is -0.0815. The van der Waals surface area contributed by atoms with Gasteiger partial charge in [0.15, 0.2) is 5.82 Å². The molecule has 1 atom stereocenters. The second-order valence-electron chi connectivity index (χ2n) is 5.20. The molecule has 1 heterocycles. The summed E-state index contributed by atoms with van der Waals surface area (Å²) in [5, 5.41) is 15.0. The number of hydrogen-bond acceptors (Lipinski definition) is 5. The molecule has 0 aliphatic heterocycles. The van der Waals surface area contributed by atoms with Crippen molar-refractivity contribution in [1.29, 1.82) is 0 Å². The Hall–Kier alpha value is -2.95. The van der Waals surface area contributed by atoms with Gasteiger partial charge in [0, 0.05) is 10.9 Å². The van der Waals surface area contributed by atoms with E-state index in [0.29, 0.717) is 18.1 Å². The lowest BCUT2D eigenvalue weighted by Crippen LogP contribution is -2.40. The van der Waals surface area contributed by atoms with E-state index in [0.717, 1.165) is 16.5 Å². The van der Waals surface area contributed by atoms with Crippen molar-refractivity contribution in [1.82, 2.24) is 9.97 Å². The van der Waals surface area contributed by atoms with E-state index < -0.39 is 12.0 Å². The van der Waals surface area contributed by atoms with Gasteiger partial charge in [0.2, 0.25) is 0 Å². The fourth-order valence-corrected chi connectivity index (χ4v) is 2.40. The highest BCUT2D eigenvalue weighted by Gasteiger charge is 2.13. The number of nitrogens with zero attached hydrogens (tertiary/aromatic N) is 2. The average Bonchev–Trinajstić information content (AvgIpc) is 2.59. The van der Waals surface area contributed by atoms with Gasteiger partial charge in [0.05, 0.1) is 17.5 Å². The third kappa shape index (κ3) is 3.13. The Balaban J connectivity index is 2.13. The molecule has 0 saturated heterocycles. The second kappa shape index (κ2) is 6.44. The zero-order valence-electron chi connectivity index (χ0n) is 12.7. The number of nitrogens with one attached hydrogen (secondary N) is 1. The molecule has 0 fully saturated rings. The topological polar surface area (TPSA) is 77.9 Å². The molecule has 116 valence electrons. The van der Waals surface area contributed by atoms with Crippen LogP contribution < -0.4 is 10.4 Å². The van der Waals surface area contributed by atoms with Gasteiger partial charge in [-0.25, -0.2) is 9.97 Å². The summed E-state index contributed by atoms with van der Waals surface area (Å²) in [6.45, 7) is 1.79. The third-order valence-corrected chi connectivity index (χ3v) is 3.64. The Morgan fingerprint density at radius 3 is 2.48 bits per heavy atom. The number of hydrogen-bond donors (Lipinski definition) is 1. The molecule has 3 aromatic rings. The van der Waals surface area contributed by atoms with Gasteiger partial charge in [-0.05, 0) is 18.6 Å². The van der Waals surface area contributed by atoms with Crippen LogP contribution in [-0.2, 0) is 4.79 Å². The van der Waals surface area contributed by atoms with Crippen LogP contribution in [0, 0.1) is 0 Å². The summed E-state index contributed by atoms with van der Waals surface area (Å²) in [4.78, 5) is 20.3. The van der Waals surface area contributed by atoms with Gasteiger partial charge >= 0.3 is 0 Å². The fourth-order valence-electron chi connectivity index (χ4n) is 2.40. The van der Waals surface area contributed by atoms with E-state index in [9.17, 15) is 9.90 Å². The average molecular weight is 306 g/mol. The van der Waals surface area contributed by atoms with Gasteiger partial charge in [-0.2, -0.15) is 0 Å². The van der Waals surface area contributed by atoms with Crippen LogP contribution in [0.2, 0.25) is 0 Å². The monoisotopic (exact) mass is 306 g/mol. The van der Waals surface area contributed by atoms with Crippen molar-refractivity contribution < 1.29 is 9.90 Å². The van der Waals surface area contributed by atoms with Crippen molar-refractivity contribution >= 4 is 22.7 Å². The quantitative estimate of drug-likeness (QED) is 0.782. The molecule has 0 spiro atoms. The summed E-state index contributed by atoms with van der Waals surface area (Å²) in [7, 11) is 0. The number of aromatic nitrogens is 2. The van der Waals surface area contributed by atoms with Crippen LogP contribution in [0.1, 0.15) is 13.3 Å². The molecule has 2 aromatic carbocycles. The number of carbonyl (C=O) groups is 1. The van der Waals surface area contributed by atoms with Gasteiger partial charge in [-0.3, -0.25) is 0 Å². The van der Waals surface area contributed by atoms with Crippen molar-refractivity contribution in [2.75, 3.05) is 5.32 Å². The Kier molecular flexibility index (Phi) is 4.19. The molecule has 5 heteroatoms. The van der Waals surface area contributed by atoms with E-state index >= 15 is 0 Å². The molecule has 3 rings (SSSR count). The number of carboxylic acid groups (broad SMARTS) is 1. The van der Waals surface area contributed by atoms with Crippen molar-refractivity contribution in [3.8, 4) is 11.4 Å². The van der Waals surface area contributed by atoms with Crippen LogP contribution in [0.15, 0.2) is 54.6 Å². The van der Waals surface area contributed by atoms with Gasteiger partial charge in [-0.15, -0.1) is 0 Å². The molecule has 0 aliphatic carbocycles. The molecule has 1 N–H and O–H groups in total. The minimum absolute atomic E-state index is 0.404. The van der Waals surface area contributed by atoms with E-state index in [1.807, 2.05) is 54.6 Å². The number of benzene rings is 2. The highest BCUT2D eigenvalue weighted by atomic mass is 16.4. The van der Waals surface area contributed by atoms with Gasteiger partial charge < -0.3 is 15.2 Å². The number of carboxylic acids is 1. The summed E-state index contributed by atoms with van der Waals surface area (Å²) >= 11 is 0. The summed E-state index contributed by atoms with van der Waals surface area (Å²) in [5.41, 5.74) is 1.64. The molecule has 0 bridgehead atoms. The SMILES string of the molecule is CC[C@H](Nc1nc(-c2ccccc2)nc2ccccc12)C(=O)[O-]. The molecule has 5 nitrogen and oxygen atoms in total. The van der Waals surface area contributed by atoms with Gasteiger partial charge in [0.1, 0.15) is 5.82 Å². The van der Waals surface area contributed by atoms with E-state index in [4.69, 9.17) is 0 Å². The van der Waals surface area contributed by atoms with E-state index in [1.54, 1.807) is 6.92 Å². The summed E-state index contributed by atoms with van der Waals surface area (Å²) in [6, 6.07) is 16.3. The summed E-state index contributed by atoms with van der Waals surface area (Å²) in [6.07, 6.45) is 0.404. The smallest absolute Gasteiger partial charge is 0.162 e. The van der Waals surface area contributed by atoms with Crippen LogP contribution in [-0.4, -0.2) is 22.0 Å². The maximum Gasteiger partial charge on any atom is 0.162 e. The van der Waals surface area contributed by atoms with E-state index in [1.165, 1.54) is 0 Å². The first-order valence-corrected chi connectivity index (χ1v) is 7.48. The van der Waals surface area contributed by atoms with Crippen LogP contribution in [0.3, 0.4) is 0 Å². The largest absolute Gasteiger partial charge is 0.548 e. The molecule has 0 aliphatic rings. The predicted molar refractivity (Wildman–Crippen MR) is 87.7 cm³/mol. The molecule has 0 amide bonds. The first-order valence-electron chi connectivity index (χ1n) is 7.48. The Labute approximate surface area is 134 Å². The number of anilines is 1. The van der Waals surface area contributed by atoms with Crippen molar-refractivity contribution in [3.63, 3.8) is 0 Å². The minimum atomic E-state index is -1.14. The number of rotatable bonds is 5. The normalized spacial score (nSPS) is 12.0. The predicted octanol–water partition coefficient (Wildman–Crippen LogP) is 2.24. The van der Waals surface area contributed by atoms with Crippen LogP contribution in [0.5, 0.6) is 0 Å². The molecule has 0 saturated carbocycles. The zero-order chi connectivity index (χ0) is 16.2. The van der Waals surface area contributed by atoms with E-state index in [-0.39, 0.29) is 0 Å². The lowest BCUT2D eigenvalue weighted by Gasteiger charge is -2.20. The maximum atomic E-state index is 11.2. The van der Waals surface area contributed by atoms with Crippen LogP contribution in [0.25, 0.3) is 22.3 Å². The first kappa shape index (κ1) is 15.0. The molecule has 0 radical (unpaired) electrons. The Morgan fingerprint density at radius 1 is 1.09 bits per heavy atom. The molecular formula is C18H16N3O2-. The van der Waals surface area contributed by atoms with Crippen LogP contribution in [0.4, 0.5) is 5.82 Å². The number of carbonyl (C=O) groups excluding carboxylic acids is 1. The van der Waals surface area contributed by atoms with Crippen molar-refractivity contribution in [2.45, 2.75) is 19.4 Å². The molecule has 23 heavy (non-hydrogen) atoms. The van der Waals surface area contributed by atoms with Crippen LogP contribution >= 0.6 is 0 Å².